The van der Waals surface area contributed by atoms with E-state index in [0.29, 0.717) is 5.92 Å². The first-order valence-corrected chi connectivity index (χ1v) is 8.08. The van der Waals surface area contributed by atoms with E-state index in [9.17, 15) is 4.79 Å². The Hall–Kier alpha value is -1.77. The first-order chi connectivity index (χ1) is 10.3. The van der Waals surface area contributed by atoms with E-state index in [1.807, 2.05) is 25.7 Å². The highest BCUT2D eigenvalue weighted by Gasteiger charge is 2.44. The number of ether oxygens (including phenoxy) is 1. The Morgan fingerprint density at radius 2 is 2.05 bits per heavy atom. The lowest BCUT2D eigenvalue weighted by molar-refractivity contribution is 0.0116. The number of fused-ring (bicyclic) bond motifs is 2. The zero-order valence-corrected chi connectivity index (χ0v) is 13.9. The maximum Gasteiger partial charge on any atom is 0.410 e. The van der Waals surface area contributed by atoms with Gasteiger partial charge in [0.1, 0.15) is 5.60 Å². The second-order valence-electron chi connectivity index (χ2n) is 7.54. The van der Waals surface area contributed by atoms with Crippen molar-refractivity contribution in [1.29, 1.82) is 0 Å². The van der Waals surface area contributed by atoms with Crippen molar-refractivity contribution < 1.29 is 9.53 Å². The fraction of sp³-hybridized carbons (Fsp3) is 0.526. The fourth-order valence-corrected chi connectivity index (χ4v) is 3.69. The van der Waals surface area contributed by atoms with Crippen molar-refractivity contribution in [3.8, 4) is 0 Å². The van der Waals surface area contributed by atoms with Crippen LogP contribution < -0.4 is 0 Å². The molecule has 1 aliphatic heterocycles. The van der Waals surface area contributed by atoms with Gasteiger partial charge in [0.25, 0.3) is 0 Å². The lowest BCUT2D eigenvalue weighted by Crippen LogP contribution is -2.50. The Kier molecular flexibility index (Phi) is 3.54. The molecule has 0 N–H and O–H groups in total. The zero-order valence-electron chi connectivity index (χ0n) is 13.9. The summed E-state index contributed by atoms with van der Waals surface area (Å²) < 4.78 is 5.52. The molecule has 1 spiro atoms. The Bertz CT molecular complexity index is 614. The molecule has 22 heavy (non-hydrogen) atoms. The lowest BCUT2D eigenvalue weighted by atomic mass is 9.68. The molecule has 1 saturated heterocycles. The molecule has 3 heteroatoms. The van der Waals surface area contributed by atoms with Crippen LogP contribution in [0.25, 0.3) is 6.08 Å². The molecule has 1 aromatic carbocycles. The van der Waals surface area contributed by atoms with Crippen LogP contribution in [0.1, 0.15) is 45.2 Å². The van der Waals surface area contributed by atoms with Gasteiger partial charge < -0.3 is 9.64 Å². The van der Waals surface area contributed by atoms with Gasteiger partial charge in [0.2, 0.25) is 0 Å². The first-order valence-electron chi connectivity index (χ1n) is 8.08. The maximum atomic E-state index is 12.3. The van der Waals surface area contributed by atoms with Gasteiger partial charge in [0, 0.05) is 18.5 Å². The van der Waals surface area contributed by atoms with Gasteiger partial charge in [-0.1, -0.05) is 43.3 Å². The number of amides is 1. The zero-order chi connectivity index (χ0) is 16.0. The van der Waals surface area contributed by atoms with Crippen LogP contribution in [0, 0.1) is 5.92 Å². The maximum absolute atomic E-state index is 12.3. The minimum atomic E-state index is -0.435. The van der Waals surface area contributed by atoms with E-state index in [2.05, 4.69) is 43.3 Å². The van der Waals surface area contributed by atoms with Crippen LogP contribution in [-0.2, 0) is 10.2 Å². The number of benzene rings is 1. The van der Waals surface area contributed by atoms with Crippen molar-refractivity contribution in [1.82, 2.24) is 4.90 Å². The third-order valence-electron chi connectivity index (χ3n) is 4.84. The molecule has 1 heterocycles. The van der Waals surface area contributed by atoms with Crippen molar-refractivity contribution in [2.24, 2.45) is 5.92 Å². The molecule has 3 nitrogen and oxygen atoms in total. The van der Waals surface area contributed by atoms with E-state index in [1.54, 1.807) is 0 Å². The van der Waals surface area contributed by atoms with Gasteiger partial charge in [-0.3, -0.25) is 0 Å². The average molecular weight is 299 g/mol. The second kappa shape index (κ2) is 5.15. The summed E-state index contributed by atoms with van der Waals surface area (Å²) >= 11 is 0. The summed E-state index contributed by atoms with van der Waals surface area (Å²) in [6.07, 6.45) is 5.34. The van der Waals surface area contributed by atoms with Gasteiger partial charge in [-0.15, -0.1) is 0 Å². The summed E-state index contributed by atoms with van der Waals surface area (Å²) in [5, 5.41) is 0. The van der Waals surface area contributed by atoms with Gasteiger partial charge in [-0.2, -0.15) is 0 Å². The van der Waals surface area contributed by atoms with Crippen molar-refractivity contribution >= 4 is 12.2 Å². The molecular formula is C19H25NO2. The molecular weight excluding hydrogens is 274 g/mol. The summed E-state index contributed by atoms with van der Waals surface area (Å²) in [6, 6.07) is 8.60. The average Bonchev–Trinajstić information content (AvgIpc) is 2.80. The highest BCUT2D eigenvalue weighted by molar-refractivity contribution is 5.70. The third-order valence-corrected chi connectivity index (χ3v) is 4.84. The molecule has 0 bridgehead atoms. The standard InChI is InChI=1S/C19H25NO2/c1-14-13-20(17(21)22-18(2,3)4)12-11-19(14)10-9-15-7-5-6-8-16(15)19/h5-10,14H,11-13H2,1-4H3/t14-,19+/m1/s1. The third kappa shape index (κ3) is 2.53. The topological polar surface area (TPSA) is 29.5 Å². The highest BCUT2D eigenvalue weighted by atomic mass is 16.6. The van der Waals surface area contributed by atoms with Crippen molar-refractivity contribution in [2.45, 2.75) is 45.1 Å². The van der Waals surface area contributed by atoms with Crippen LogP contribution in [-0.4, -0.2) is 29.7 Å². The summed E-state index contributed by atoms with van der Waals surface area (Å²) in [4.78, 5) is 14.2. The minimum Gasteiger partial charge on any atom is -0.444 e. The van der Waals surface area contributed by atoms with E-state index in [4.69, 9.17) is 4.74 Å². The molecule has 3 rings (SSSR count). The van der Waals surface area contributed by atoms with Crippen LogP contribution in [0.5, 0.6) is 0 Å². The van der Waals surface area contributed by atoms with Crippen LogP contribution in [0.15, 0.2) is 30.3 Å². The molecule has 118 valence electrons. The van der Waals surface area contributed by atoms with E-state index >= 15 is 0 Å². The number of hydrogen-bond donors (Lipinski definition) is 0. The Morgan fingerprint density at radius 1 is 1.32 bits per heavy atom. The molecule has 1 aliphatic carbocycles. The molecule has 0 radical (unpaired) electrons. The van der Waals surface area contributed by atoms with Gasteiger partial charge in [0.05, 0.1) is 0 Å². The number of nitrogens with zero attached hydrogens (tertiary/aromatic N) is 1. The lowest BCUT2D eigenvalue weighted by Gasteiger charge is -2.44. The van der Waals surface area contributed by atoms with Crippen LogP contribution in [0.3, 0.4) is 0 Å². The van der Waals surface area contributed by atoms with Crippen molar-refractivity contribution in [3.05, 3.63) is 41.5 Å². The number of rotatable bonds is 0. The quantitative estimate of drug-likeness (QED) is 0.717. The summed E-state index contributed by atoms with van der Waals surface area (Å²) in [5.74, 6) is 0.383. The number of piperidine rings is 1. The number of allylic oxidation sites excluding steroid dienone is 1. The van der Waals surface area contributed by atoms with Crippen molar-refractivity contribution in [3.63, 3.8) is 0 Å². The summed E-state index contributed by atoms with van der Waals surface area (Å²) in [6.45, 7) is 9.47. The predicted octanol–water partition coefficient (Wildman–Crippen LogP) is 4.23. The minimum absolute atomic E-state index is 0.0785. The number of hydrogen-bond acceptors (Lipinski definition) is 2. The Morgan fingerprint density at radius 3 is 2.73 bits per heavy atom. The molecule has 0 aromatic heterocycles. The van der Waals surface area contributed by atoms with Gasteiger partial charge in [-0.05, 0) is 44.2 Å². The largest absolute Gasteiger partial charge is 0.444 e. The SMILES string of the molecule is C[C@@H]1CN(C(=O)OC(C)(C)C)CC[C@@]12C=Cc1ccccc12. The van der Waals surface area contributed by atoms with Gasteiger partial charge in [0.15, 0.2) is 0 Å². The van der Waals surface area contributed by atoms with Gasteiger partial charge >= 0.3 is 6.09 Å². The van der Waals surface area contributed by atoms with Gasteiger partial charge in [-0.25, -0.2) is 4.79 Å². The highest BCUT2D eigenvalue weighted by Crippen LogP contribution is 2.46. The van der Waals surface area contributed by atoms with E-state index in [1.165, 1.54) is 11.1 Å². The smallest absolute Gasteiger partial charge is 0.410 e. The van der Waals surface area contributed by atoms with Crippen molar-refractivity contribution in [2.75, 3.05) is 13.1 Å². The first kappa shape index (κ1) is 15.1. The number of carbonyl (C=O) groups excluding carboxylic acids is 1. The molecule has 1 amide bonds. The number of carbonyl (C=O) groups is 1. The molecule has 1 aromatic rings. The Balaban J connectivity index is 1.77. The Labute approximate surface area is 133 Å². The fourth-order valence-electron chi connectivity index (χ4n) is 3.69. The summed E-state index contributed by atoms with van der Waals surface area (Å²) in [5.41, 5.74) is 2.37. The van der Waals surface area contributed by atoms with E-state index < -0.39 is 5.60 Å². The van der Waals surface area contributed by atoms with Crippen LogP contribution in [0.2, 0.25) is 0 Å². The number of likely N-dealkylation sites (tertiary alicyclic amines) is 1. The molecule has 2 aliphatic rings. The van der Waals surface area contributed by atoms with Crippen LogP contribution in [0.4, 0.5) is 4.79 Å². The van der Waals surface area contributed by atoms with Crippen LogP contribution >= 0.6 is 0 Å². The molecule has 0 saturated carbocycles. The molecule has 1 fully saturated rings. The summed E-state index contributed by atoms with van der Waals surface area (Å²) in [7, 11) is 0. The molecule has 0 unspecified atom stereocenters. The van der Waals surface area contributed by atoms with E-state index in [-0.39, 0.29) is 11.5 Å². The van der Waals surface area contributed by atoms with E-state index in [0.717, 1.165) is 19.5 Å². The monoisotopic (exact) mass is 299 g/mol. The normalized spacial score (nSPS) is 27.1. The predicted molar refractivity (Wildman–Crippen MR) is 88.7 cm³/mol. The second-order valence-corrected chi connectivity index (χ2v) is 7.54. The molecule has 2 atom stereocenters.